The number of hydrogen-bond donors (Lipinski definition) is 13. The number of benzene rings is 1. The van der Waals surface area contributed by atoms with Crippen molar-refractivity contribution in [3.05, 3.63) is 86.0 Å². The third kappa shape index (κ3) is 14.2. The van der Waals surface area contributed by atoms with Gasteiger partial charge in [-0.05, 0) is 11.5 Å². The van der Waals surface area contributed by atoms with E-state index in [4.69, 9.17) is 59.0 Å². The second kappa shape index (κ2) is 26.0. The zero-order chi connectivity index (χ0) is 66.7. The Morgan fingerprint density at radius 2 is 1.37 bits per heavy atom. The lowest BCUT2D eigenvalue weighted by atomic mass is 9.84. The molecule has 9 heterocycles. The second-order valence-electron chi connectivity index (χ2n) is 21.6. The molecule has 16 N–H and O–H groups in total. The van der Waals surface area contributed by atoms with E-state index in [2.05, 4.69) is 53.8 Å². The van der Waals surface area contributed by atoms with Crippen LogP contribution in [0.15, 0.2) is 59.2 Å². The van der Waals surface area contributed by atoms with Crippen molar-refractivity contribution in [1.82, 2.24) is 58.9 Å². The average molecular weight is 1380 g/mol. The van der Waals surface area contributed by atoms with E-state index in [1.807, 2.05) is 0 Å². The number of aromatic nitrogens is 12. The Morgan fingerprint density at radius 1 is 0.772 bits per heavy atom. The van der Waals surface area contributed by atoms with Gasteiger partial charge in [-0.2, -0.15) is 13.6 Å². The van der Waals surface area contributed by atoms with Crippen molar-refractivity contribution >= 4 is 94.6 Å². The quantitative estimate of drug-likeness (QED) is 0.00702. The number of aromatic amines is 2. The van der Waals surface area contributed by atoms with Gasteiger partial charge in [-0.15, -0.1) is 0 Å². The molecule has 0 radical (unpaired) electrons. The molecule has 3 aliphatic rings. The highest BCUT2D eigenvalue weighted by molar-refractivity contribution is 7.66. The number of imidazole rings is 3. The van der Waals surface area contributed by atoms with Crippen LogP contribution in [0.4, 0.5) is 23.4 Å². The number of anilines is 3. The van der Waals surface area contributed by atoms with Crippen LogP contribution in [0.25, 0.3) is 33.5 Å². The number of H-pyrrole nitrogens is 2. The third-order valence-corrected chi connectivity index (χ3v) is 19.5. The van der Waals surface area contributed by atoms with E-state index in [1.54, 1.807) is 26.8 Å². The summed E-state index contributed by atoms with van der Waals surface area (Å²) in [5.74, 6) is -0.844. The van der Waals surface area contributed by atoms with Gasteiger partial charge >= 0.3 is 36.9 Å². The van der Waals surface area contributed by atoms with Crippen molar-refractivity contribution in [1.29, 1.82) is 0 Å². The van der Waals surface area contributed by atoms with Crippen LogP contribution in [-0.4, -0.2) is 181 Å². The molecule has 0 spiro atoms. The number of amides is 1. The molecule has 6 aromatic heterocycles. The summed E-state index contributed by atoms with van der Waals surface area (Å²) in [6.45, 7) is 0.820. The van der Waals surface area contributed by atoms with Crippen LogP contribution in [0, 0.1) is 15.5 Å². The Bertz CT molecular complexity index is 4260. The first-order valence-electron chi connectivity index (χ1n) is 26.6. The summed E-state index contributed by atoms with van der Waals surface area (Å²) in [6, 6.07) is 4.08. The van der Waals surface area contributed by atoms with Crippen molar-refractivity contribution in [2.24, 2.45) is 12.5 Å². The van der Waals surface area contributed by atoms with Crippen LogP contribution in [0.2, 0.25) is 0 Å². The highest BCUT2D eigenvalue weighted by atomic mass is 31.3. The van der Waals surface area contributed by atoms with E-state index < -0.39 is 159 Å². The number of phosphoric acid groups is 4. The summed E-state index contributed by atoms with van der Waals surface area (Å²) in [6.07, 6.45) is -15.9. The van der Waals surface area contributed by atoms with Crippen molar-refractivity contribution in [2.45, 2.75) is 100 Å². The predicted molar refractivity (Wildman–Crippen MR) is 301 cm³/mol. The summed E-state index contributed by atoms with van der Waals surface area (Å²) in [4.78, 5) is 121. The number of aliphatic hydroxyl groups is 3. The van der Waals surface area contributed by atoms with E-state index in [0.717, 1.165) is 28.1 Å². The largest absolute Gasteiger partial charge is 0.490 e. The molecule has 0 bridgehead atoms. The van der Waals surface area contributed by atoms with Crippen LogP contribution < -0.4 is 38.2 Å². The maximum Gasteiger partial charge on any atom is 0.490 e. The number of para-hydroxylation sites is 1. The molecular weight excluding hydrogens is 1320 g/mol. The summed E-state index contributed by atoms with van der Waals surface area (Å²) in [5.41, 5.74) is 14.4. The number of nitro groups is 1. The molecule has 7 aromatic rings. The lowest BCUT2D eigenvalue weighted by Gasteiger charge is -2.31. The lowest BCUT2D eigenvalue weighted by Crippen LogP contribution is -2.47. The highest BCUT2D eigenvalue weighted by Crippen LogP contribution is 2.68. The molecule has 92 heavy (non-hydrogen) atoms. The second-order valence-corrected chi connectivity index (χ2v) is 27.6. The van der Waals surface area contributed by atoms with E-state index >= 15 is 0 Å². The molecule has 0 saturated carbocycles. The van der Waals surface area contributed by atoms with Gasteiger partial charge in [0.2, 0.25) is 24.1 Å². The molecule has 8 unspecified atom stereocenters. The van der Waals surface area contributed by atoms with Crippen molar-refractivity contribution in [2.75, 3.05) is 43.8 Å². The number of phosphoric ester groups is 3. The number of carbonyl (C=O) groups excluding carboxylic acids is 1. The average Bonchev–Trinajstić information content (AvgIpc) is 1.62. The lowest BCUT2D eigenvalue weighted by molar-refractivity contribution is -0.746. The summed E-state index contributed by atoms with van der Waals surface area (Å²) < 4.78 is 118. The number of aliphatic hydroxyl groups excluding tert-OH is 3. The van der Waals surface area contributed by atoms with E-state index in [1.165, 1.54) is 40.7 Å². The number of fused-ring (bicyclic) bond motifs is 3. The van der Waals surface area contributed by atoms with Crippen LogP contribution in [0.5, 0.6) is 0 Å². The maximum absolute atomic E-state index is 13.8. The first-order valence-corrected chi connectivity index (χ1v) is 32.6. The molecule has 10 rings (SSSR count). The number of nitrogens with two attached hydrogens (primary N) is 3. The fourth-order valence-corrected chi connectivity index (χ4v) is 14.9. The van der Waals surface area contributed by atoms with Gasteiger partial charge in [0.15, 0.2) is 41.4 Å². The monoisotopic (exact) mass is 1380 g/mol. The molecule has 3 fully saturated rings. The number of ether oxygens (including phenoxy) is 5. The molecule has 3 aliphatic heterocycles. The zero-order valence-electron chi connectivity index (χ0n) is 47.8. The zero-order valence-corrected chi connectivity index (χ0v) is 51.3. The number of nitrogens with zero attached hydrogens (tertiary/aromatic N) is 11. The minimum atomic E-state index is -6.35. The molecule has 0 aliphatic carbocycles. The van der Waals surface area contributed by atoms with Gasteiger partial charge in [0.05, 0.1) is 56.1 Å². The fraction of sp³-hybridized carbons (Fsp3) is 0.500. The number of nitrogens with one attached hydrogen (secondary N) is 3. The van der Waals surface area contributed by atoms with Crippen LogP contribution in [0.3, 0.4) is 0 Å². The molecule has 1 amide bonds. The van der Waals surface area contributed by atoms with E-state index in [-0.39, 0.29) is 68.9 Å². The number of hydrogen-bond acceptors (Lipinski definition) is 32. The number of nitrogen functional groups attached to an aromatic ring is 3. The first kappa shape index (κ1) is 67.8. The summed E-state index contributed by atoms with van der Waals surface area (Å²) in [5, 5.41) is 47.9. The normalized spacial score (nSPS) is 27.4. The minimum Gasteiger partial charge on any atom is -0.387 e. The van der Waals surface area contributed by atoms with Gasteiger partial charge < -0.3 is 81.1 Å². The Morgan fingerprint density at radius 3 is 2.03 bits per heavy atom. The molecule has 17 atom stereocenters. The molecule has 3 saturated heterocycles. The molecule has 44 nitrogen and oxygen atoms in total. The number of aryl methyl sites for hydroxylation is 1. The molecule has 1 aromatic carbocycles. The van der Waals surface area contributed by atoms with Crippen molar-refractivity contribution in [3.8, 4) is 0 Å². The predicted octanol–water partition coefficient (Wildman–Crippen LogP) is -1.92. The van der Waals surface area contributed by atoms with Gasteiger partial charge in [0.25, 0.3) is 22.8 Å². The molecular formula is C44H58N17O27P4+. The molecule has 500 valence electrons. The third-order valence-electron chi connectivity index (χ3n) is 14.3. The number of carbonyl (C=O) groups is 1. The number of nitro benzene ring substituents is 1. The Kier molecular flexibility index (Phi) is 19.2. The van der Waals surface area contributed by atoms with Gasteiger partial charge in [0.1, 0.15) is 73.5 Å². The van der Waals surface area contributed by atoms with Crippen LogP contribution >= 0.6 is 31.3 Å². The van der Waals surface area contributed by atoms with Crippen molar-refractivity contribution in [3.63, 3.8) is 0 Å². The van der Waals surface area contributed by atoms with Gasteiger partial charge in [-0.3, -0.25) is 66.3 Å². The Labute approximate surface area is 512 Å². The molecule has 48 heteroatoms. The summed E-state index contributed by atoms with van der Waals surface area (Å²) in [7, 11) is -22.6. The van der Waals surface area contributed by atoms with Gasteiger partial charge in [0, 0.05) is 6.07 Å². The smallest absolute Gasteiger partial charge is 0.387 e. The highest BCUT2D eigenvalue weighted by Gasteiger charge is 2.54. The first-order chi connectivity index (χ1) is 43.2. The fourth-order valence-electron chi connectivity index (χ4n) is 10.4. The van der Waals surface area contributed by atoms with Gasteiger partial charge in [-0.25, -0.2) is 42.8 Å². The number of rotatable bonds is 26. The van der Waals surface area contributed by atoms with E-state index in [9.17, 15) is 77.7 Å². The standard InChI is InChI=1S/C44H57N17O27P4/c1-44(2,3)32(18-7-5-6-8-19(18)61(68)69)79-17-78-31-28(64)21(84-41(31)60-16-57(4)26-36(60)54-43(47)56-38(26)67)10-81-90(72,73)87-92(76,77)88-91(74,75)82-11-22-30(23(52-15-62)39(85-22)58-13-50-24-33(45)48-12-49-34(24)58)86-89(70,71)80-9-20-27(63)29(65)40(83-20)59-14-51-25-35(59)53-42(46)55-37(25)66/h5-8,12-16,20-23,27-32,39-41,63-65H,9-11,17H2,1-4H3,(H12-,45,46,47,48,49,52,53,54,55,56,62,66,67,70,71,72,73,74,75,76,77)/p+1/t20-,21-,22-,23?,27+,28+,29?,30+,31?,32?,39-,40-,41-/m1/s1. The summed E-state index contributed by atoms with van der Waals surface area (Å²) >= 11 is 0. The van der Waals surface area contributed by atoms with Gasteiger partial charge in [-0.1, -0.05) is 37.9 Å². The van der Waals surface area contributed by atoms with Crippen LogP contribution in [-0.2, 0) is 80.5 Å². The SMILES string of the molecule is Cn1c[n+]([C@@H]2O[C@H](COP(=O)(O)OP(=O)(O)OP(=O)(O)OC[C@H]3O[C@@H](n4cnc5c(N)ncnc54)C(NC=O)[C@H]3OP(=O)(O)OC[C@H]3O[C@@H](n4cnc5c(=O)[nH]c(N)nc54)C(O)[C@H]3O)[C@H](O)C2OCOC(c2ccccc2[N+](=O)[O-])C(C)(C)C)c2nc(N)[nH]c(=O)c21. The van der Waals surface area contributed by atoms with E-state index in [0.29, 0.717) is 0 Å². The Balaban J connectivity index is 0.824. The van der Waals surface area contributed by atoms with Crippen LogP contribution in [0.1, 0.15) is 51.1 Å². The minimum absolute atomic E-state index is 0.0269. The maximum atomic E-state index is 13.8. The van der Waals surface area contributed by atoms with Crippen molar-refractivity contribution < 1.29 is 118 Å². The topological polar surface area (TPSA) is 623 Å². The Hall–Kier alpha value is -7.06.